The van der Waals surface area contributed by atoms with Crippen molar-refractivity contribution >= 4 is 24.0 Å². The van der Waals surface area contributed by atoms with E-state index >= 15 is 0 Å². The molecule has 0 aliphatic heterocycles. The van der Waals surface area contributed by atoms with Crippen molar-refractivity contribution in [2.45, 2.75) is 39.2 Å². The summed E-state index contributed by atoms with van der Waals surface area (Å²) in [4.78, 5) is 12.1. The molecular formula is C14H23ClN2O2. The van der Waals surface area contributed by atoms with Crippen LogP contribution in [0, 0.1) is 6.92 Å². The normalized spacial score (nSPS) is 13.1. The number of carbonyl (C=O) groups excluding carboxylic acids is 1. The second-order valence-corrected chi connectivity index (χ2v) is 4.80. The zero-order valence-corrected chi connectivity index (χ0v) is 12.8. The van der Waals surface area contributed by atoms with Crippen LogP contribution in [0.5, 0.6) is 5.75 Å². The summed E-state index contributed by atoms with van der Waals surface area (Å²) in [6.45, 7) is 5.69. The highest BCUT2D eigenvalue weighted by atomic mass is 35.5. The van der Waals surface area contributed by atoms with E-state index in [2.05, 4.69) is 5.32 Å². The van der Waals surface area contributed by atoms with Gasteiger partial charge in [-0.1, -0.05) is 13.3 Å². The Kier molecular flexibility index (Phi) is 6.87. The van der Waals surface area contributed by atoms with E-state index < -0.39 is 5.54 Å². The van der Waals surface area contributed by atoms with E-state index in [0.29, 0.717) is 6.42 Å². The van der Waals surface area contributed by atoms with Crippen molar-refractivity contribution in [3.05, 3.63) is 23.8 Å². The summed E-state index contributed by atoms with van der Waals surface area (Å²) in [5, 5.41) is 2.87. The molecule has 0 aliphatic carbocycles. The predicted octanol–water partition coefficient (Wildman–Crippen LogP) is 2.88. The van der Waals surface area contributed by atoms with Crippen LogP contribution in [0.3, 0.4) is 0 Å². The third kappa shape index (κ3) is 4.73. The fraction of sp³-hybridized carbons (Fsp3) is 0.500. The average Bonchev–Trinajstić information content (AvgIpc) is 2.31. The first-order valence-corrected chi connectivity index (χ1v) is 6.15. The molecule has 1 aromatic carbocycles. The third-order valence-electron chi connectivity index (χ3n) is 2.97. The Hall–Kier alpha value is -1.26. The lowest BCUT2D eigenvalue weighted by Gasteiger charge is -2.23. The number of amides is 1. The van der Waals surface area contributed by atoms with Crippen LogP contribution in [-0.2, 0) is 4.79 Å². The molecular weight excluding hydrogens is 264 g/mol. The smallest absolute Gasteiger partial charge is 0.244 e. The van der Waals surface area contributed by atoms with Crippen molar-refractivity contribution in [3.63, 3.8) is 0 Å². The molecule has 0 saturated carbocycles. The fourth-order valence-electron chi connectivity index (χ4n) is 1.80. The second-order valence-electron chi connectivity index (χ2n) is 4.80. The monoisotopic (exact) mass is 286 g/mol. The molecule has 0 aromatic heterocycles. The van der Waals surface area contributed by atoms with Gasteiger partial charge in [0.1, 0.15) is 5.75 Å². The van der Waals surface area contributed by atoms with Gasteiger partial charge in [0.05, 0.1) is 12.6 Å². The first kappa shape index (κ1) is 17.7. The number of methoxy groups -OCH3 is 1. The quantitative estimate of drug-likeness (QED) is 0.875. The van der Waals surface area contributed by atoms with Gasteiger partial charge in [0.25, 0.3) is 0 Å². The molecule has 0 heterocycles. The van der Waals surface area contributed by atoms with Gasteiger partial charge in [-0.25, -0.2) is 0 Å². The lowest BCUT2D eigenvalue weighted by molar-refractivity contribution is -0.120. The molecule has 0 saturated heterocycles. The van der Waals surface area contributed by atoms with Crippen molar-refractivity contribution in [1.82, 2.24) is 0 Å². The first-order valence-electron chi connectivity index (χ1n) is 6.15. The summed E-state index contributed by atoms with van der Waals surface area (Å²) in [5.74, 6) is 0.618. The summed E-state index contributed by atoms with van der Waals surface area (Å²) >= 11 is 0. The summed E-state index contributed by atoms with van der Waals surface area (Å²) < 4.78 is 5.12. The summed E-state index contributed by atoms with van der Waals surface area (Å²) in [5.41, 5.74) is 6.88. The Morgan fingerprint density at radius 1 is 1.47 bits per heavy atom. The van der Waals surface area contributed by atoms with Gasteiger partial charge in [-0.3, -0.25) is 4.79 Å². The van der Waals surface area contributed by atoms with Crippen molar-refractivity contribution < 1.29 is 9.53 Å². The van der Waals surface area contributed by atoms with Crippen LogP contribution >= 0.6 is 12.4 Å². The molecule has 1 rings (SSSR count). The largest absolute Gasteiger partial charge is 0.497 e. The minimum Gasteiger partial charge on any atom is -0.497 e. The van der Waals surface area contributed by atoms with Gasteiger partial charge < -0.3 is 15.8 Å². The molecule has 5 heteroatoms. The molecule has 1 amide bonds. The number of nitrogens with one attached hydrogen (secondary N) is 1. The van der Waals surface area contributed by atoms with E-state index in [1.165, 1.54) is 0 Å². The SMILES string of the molecule is CCCC(C)(N)C(=O)Nc1ccc(OC)cc1C.Cl. The van der Waals surface area contributed by atoms with E-state index in [-0.39, 0.29) is 18.3 Å². The Morgan fingerprint density at radius 2 is 2.11 bits per heavy atom. The van der Waals surface area contributed by atoms with Gasteiger partial charge in [-0.05, 0) is 44.0 Å². The van der Waals surface area contributed by atoms with Crippen LogP contribution in [0.1, 0.15) is 32.3 Å². The lowest BCUT2D eigenvalue weighted by Crippen LogP contribution is -2.48. The van der Waals surface area contributed by atoms with Crippen molar-refractivity contribution in [2.24, 2.45) is 5.73 Å². The zero-order valence-electron chi connectivity index (χ0n) is 11.9. The molecule has 108 valence electrons. The molecule has 1 aromatic rings. The van der Waals surface area contributed by atoms with Crippen LogP contribution in [0.15, 0.2) is 18.2 Å². The zero-order chi connectivity index (χ0) is 13.8. The number of nitrogens with two attached hydrogens (primary N) is 1. The minimum absolute atomic E-state index is 0. The standard InChI is InChI=1S/C14H22N2O2.ClH/c1-5-8-14(3,15)13(17)16-12-7-6-11(18-4)9-10(12)2;/h6-7,9H,5,8,15H2,1-4H3,(H,16,17);1H. The number of halogens is 1. The number of anilines is 1. The number of aryl methyl sites for hydroxylation is 1. The van der Waals surface area contributed by atoms with Gasteiger partial charge in [0.15, 0.2) is 0 Å². The summed E-state index contributed by atoms with van der Waals surface area (Å²) in [6.07, 6.45) is 1.54. The van der Waals surface area contributed by atoms with Crippen LogP contribution in [-0.4, -0.2) is 18.6 Å². The van der Waals surface area contributed by atoms with E-state index in [1.807, 2.05) is 32.0 Å². The maximum atomic E-state index is 12.1. The molecule has 0 spiro atoms. The fourth-order valence-corrected chi connectivity index (χ4v) is 1.80. The maximum Gasteiger partial charge on any atom is 0.244 e. The number of benzene rings is 1. The van der Waals surface area contributed by atoms with Gasteiger partial charge >= 0.3 is 0 Å². The van der Waals surface area contributed by atoms with E-state index in [1.54, 1.807) is 14.0 Å². The molecule has 0 aliphatic rings. The minimum atomic E-state index is -0.832. The molecule has 19 heavy (non-hydrogen) atoms. The summed E-state index contributed by atoms with van der Waals surface area (Å²) in [6, 6.07) is 5.52. The molecule has 1 unspecified atom stereocenters. The van der Waals surface area contributed by atoms with E-state index in [9.17, 15) is 4.79 Å². The summed E-state index contributed by atoms with van der Waals surface area (Å²) in [7, 11) is 1.62. The van der Waals surface area contributed by atoms with Gasteiger partial charge in [-0.2, -0.15) is 0 Å². The highest BCUT2D eigenvalue weighted by molar-refractivity contribution is 5.98. The van der Waals surface area contributed by atoms with Crippen LogP contribution in [0.4, 0.5) is 5.69 Å². The average molecular weight is 287 g/mol. The van der Waals surface area contributed by atoms with Crippen LogP contribution < -0.4 is 15.8 Å². The topological polar surface area (TPSA) is 64.4 Å². The number of hydrogen-bond donors (Lipinski definition) is 2. The van der Waals surface area contributed by atoms with Gasteiger partial charge in [-0.15, -0.1) is 12.4 Å². The van der Waals surface area contributed by atoms with Crippen molar-refractivity contribution in [2.75, 3.05) is 12.4 Å². The molecule has 0 bridgehead atoms. The first-order chi connectivity index (χ1) is 8.40. The Balaban J connectivity index is 0.00000324. The number of carbonyl (C=O) groups is 1. The van der Waals surface area contributed by atoms with Gasteiger partial charge in [0.2, 0.25) is 5.91 Å². The van der Waals surface area contributed by atoms with E-state index in [0.717, 1.165) is 23.4 Å². The molecule has 4 nitrogen and oxygen atoms in total. The third-order valence-corrected chi connectivity index (χ3v) is 2.97. The Labute approximate surface area is 121 Å². The van der Waals surface area contributed by atoms with Gasteiger partial charge in [0, 0.05) is 5.69 Å². The predicted molar refractivity (Wildman–Crippen MR) is 81.1 cm³/mol. The maximum absolute atomic E-state index is 12.1. The molecule has 0 fully saturated rings. The van der Waals surface area contributed by atoms with Crippen LogP contribution in [0.25, 0.3) is 0 Å². The second kappa shape index (κ2) is 7.36. The molecule has 0 radical (unpaired) electrons. The Morgan fingerprint density at radius 3 is 2.58 bits per heavy atom. The Bertz CT molecular complexity index is 433. The number of hydrogen-bond acceptors (Lipinski definition) is 3. The molecule has 1 atom stereocenters. The van der Waals surface area contributed by atoms with E-state index in [4.69, 9.17) is 10.5 Å². The molecule has 3 N–H and O–H groups in total. The number of ether oxygens (including phenoxy) is 1. The lowest BCUT2D eigenvalue weighted by atomic mass is 9.96. The van der Waals surface area contributed by atoms with Crippen molar-refractivity contribution in [1.29, 1.82) is 0 Å². The van der Waals surface area contributed by atoms with Crippen molar-refractivity contribution in [3.8, 4) is 5.75 Å². The van der Waals surface area contributed by atoms with Crippen LogP contribution in [0.2, 0.25) is 0 Å². The number of rotatable bonds is 5. The highest BCUT2D eigenvalue weighted by Crippen LogP contribution is 2.22. The highest BCUT2D eigenvalue weighted by Gasteiger charge is 2.27.